The van der Waals surface area contributed by atoms with Gasteiger partial charge in [-0.3, -0.25) is 4.98 Å². The van der Waals surface area contributed by atoms with Crippen LogP contribution in [0.5, 0.6) is 0 Å². The van der Waals surface area contributed by atoms with E-state index in [0.29, 0.717) is 5.92 Å². The number of nitrogens with zero attached hydrogens (tertiary/aromatic N) is 1. The molecule has 2 unspecified atom stereocenters. The van der Waals surface area contributed by atoms with Crippen LogP contribution in [-0.4, -0.2) is 11.5 Å². The van der Waals surface area contributed by atoms with Crippen LogP contribution in [0.4, 0.5) is 0 Å². The minimum atomic E-state index is 0.637. The first-order valence-electron chi connectivity index (χ1n) is 5.46. The zero-order chi connectivity index (χ0) is 9.97. The van der Waals surface area contributed by atoms with E-state index in [2.05, 4.69) is 18.0 Å². The van der Waals surface area contributed by atoms with Crippen molar-refractivity contribution in [3.63, 3.8) is 0 Å². The summed E-state index contributed by atoms with van der Waals surface area (Å²) in [5, 5.41) is 0. The Morgan fingerprint density at radius 2 is 2.43 bits per heavy atom. The van der Waals surface area contributed by atoms with Crippen LogP contribution in [0.3, 0.4) is 0 Å². The highest BCUT2D eigenvalue weighted by atomic mass is 14.7. The van der Waals surface area contributed by atoms with Gasteiger partial charge in [0.15, 0.2) is 0 Å². The SMILES string of the molecule is CC1CCc2ncccc2C1CCN. The molecule has 2 atom stereocenters. The smallest absolute Gasteiger partial charge is 0.0438 e. The summed E-state index contributed by atoms with van der Waals surface area (Å²) in [5.74, 6) is 1.40. The molecular formula is C12H18N2. The molecule has 1 aliphatic carbocycles. The van der Waals surface area contributed by atoms with Crippen molar-refractivity contribution in [1.82, 2.24) is 4.98 Å². The fourth-order valence-corrected chi connectivity index (χ4v) is 2.49. The molecular weight excluding hydrogens is 172 g/mol. The fraction of sp³-hybridized carbons (Fsp3) is 0.583. The molecule has 0 bridgehead atoms. The Kier molecular flexibility index (Phi) is 2.82. The molecule has 0 spiro atoms. The topological polar surface area (TPSA) is 38.9 Å². The van der Waals surface area contributed by atoms with Gasteiger partial charge in [0.2, 0.25) is 0 Å². The Morgan fingerprint density at radius 3 is 3.21 bits per heavy atom. The van der Waals surface area contributed by atoms with E-state index in [1.165, 1.54) is 17.7 Å². The van der Waals surface area contributed by atoms with Crippen LogP contribution in [-0.2, 0) is 6.42 Å². The van der Waals surface area contributed by atoms with Crippen LogP contribution in [0.15, 0.2) is 18.3 Å². The largest absolute Gasteiger partial charge is 0.330 e. The van der Waals surface area contributed by atoms with Gasteiger partial charge in [0.05, 0.1) is 0 Å². The molecule has 0 amide bonds. The maximum atomic E-state index is 5.66. The van der Waals surface area contributed by atoms with Gasteiger partial charge in [-0.2, -0.15) is 0 Å². The van der Waals surface area contributed by atoms with Gasteiger partial charge in [-0.1, -0.05) is 13.0 Å². The normalized spacial score (nSPS) is 25.9. The zero-order valence-electron chi connectivity index (χ0n) is 8.74. The van der Waals surface area contributed by atoms with Crippen LogP contribution in [0.25, 0.3) is 0 Å². The van der Waals surface area contributed by atoms with E-state index in [1.54, 1.807) is 0 Å². The summed E-state index contributed by atoms with van der Waals surface area (Å²) in [7, 11) is 0. The molecule has 0 fully saturated rings. The van der Waals surface area contributed by atoms with Crippen molar-refractivity contribution < 1.29 is 0 Å². The third kappa shape index (κ3) is 1.67. The average Bonchev–Trinajstić information content (AvgIpc) is 2.23. The molecule has 0 saturated heterocycles. The predicted molar refractivity (Wildman–Crippen MR) is 58.1 cm³/mol. The second-order valence-electron chi connectivity index (χ2n) is 4.24. The van der Waals surface area contributed by atoms with Crippen molar-refractivity contribution in [3.8, 4) is 0 Å². The molecule has 2 rings (SSSR count). The molecule has 2 N–H and O–H groups in total. The fourth-order valence-electron chi connectivity index (χ4n) is 2.49. The lowest BCUT2D eigenvalue weighted by atomic mass is 9.76. The van der Waals surface area contributed by atoms with Crippen molar-refractivity contribution in [3.05, 3.63) is 29.6 Å². The van der Waals surface area contributed by atoms with Gasteiger partial charge in [0, 0.05) is 11.9 Å². The highest BCUT2D eigenvalue weighted by molar-refractivity contribution is 5.27. The molecule has 0 radical (unpaired) electrons. The Hall–Kier alpha value is -0.890. The van der Waals surface area contributed by atoms with Gasteiger partial charge >= 0.3 is 0 Å². The van der Waals surface area contributed by atoms with Gasteiger partial charge < -0.3 is 5.73 Å². The Balaban J connectivity index is 2.31. The van der Waals surface area contributed by atoms with Crippen molar-refractivity contribution in [2.24, 2.45) is 11.7 Å². The molecule has 1 heterocycles. The van der Waals surface area contributed by atoms with Crippen molar-refractivity contribution in [1.29, 1.82) is 0 Å². The van der Waals surface area contributed by atoms with Gasteiger partial charge in [-0.25, -0.2) is 0 Å². The van der Waals surface area contributed by atoms with Gasteiger partial charge in [-0.15, -0.1) is 0 Å². The minimum Gasteiger partial charge on any atom is -0.330 e. The number of nitrogens with two attached hydrogens (primary N) is 1. The molecule has 1 aliphatic rings. The maximum Gasteiger partial charge on any atom is 0.0438 e. The number of aryl methyl sites for hydroxylation is 1. The van der Waals surface area contributed by atoms with Crippen LogP contribution < -0.4 is 5.73 Å². The number of rotatable bonds is 2. The predicted octanol–water partition coefficient (Wildman–Crippen LogP) is 2.10. The number of hydrogen-bond donors (Lipinski definition) is 1. The molecule has 1 aromatic rings. The summed E-state index contributed by atoms with van der Waals surface area (Å²) < 4.78 is 0. The third-order valence-corrected chi connectivity index (χ3v) is 3.33. The summed E-state index contributed by atoms with van der Waals surface area (Å²) in [6.07, 6.45) is 5.39. The van der Waals surface area contributed by atoms with Crippen molar-refractivity contribution >= 4 is 0 Å². The number of pyridine rings is 1. The Morgan fingerprint density at radius 1 is 1.57 bits per heavy atom. The van der Waals surface area contributed by atoms with Gasteiger partial charge in [-0.05, 0) is 49.3 Å². The molecule has 1 aromatic heterocycles. The third-order valence-electron chi connectivity index (χ3n) is 3.33. The second-order valence-corrected chi connectivity index (χ2v) is 4.24. The summed E-state index contributed by atoms with van der Waals surface area (Å²) in [6.45, 7) is 3.11. The van der Waals surface area contributed by atoms with E-state index < -0.39 is 0 Å². The number of fused-ring (bicyclic) bond motifs is 1. The second kappa shape index (κ2) is 4.09. The van der Waals surface area contributed by atoms with Gasteiger partial charge in [0.25, 0.3) is 0 Å². The lowest BCUT2D eigenvalue weighted by Gasteiger charge is -2.30. The molecule has 14 heavy (non-hydrogen) atoms. The molecule has 76 valence electrons. The summed E-state index contributed by atoms with van der Waals surface area (Å²) in [6, 6.07) is 4.26. The van der Waals surface area contributed by atoms with Gasteiger partial charge in [0.1, 0.15) is 0 Å². The monoisotopic (exact) mass is 190 g/mol. The molecule has 2 heteroatoms. The Labute approximate surface area is 85.5 Å². The summed E-state index contributed by atoms with van der Waals surface area (Å²) in [5.41, 5.74) is 8.40. The minimum absolute atomic E-state index is 0.637. The highest BCUT2D eigenvalue weighted by Crippen LogP contribution is 2.36. The van der Waals surface area contributed by atoms with E-state index >= 15 is 0 Å². The standard InChI is InChI=1S/C12H18N2/c1-9-4-5-12-11(3-2-8-14-12)10(9)6-7-13/h2-3,8-10H,4-7,13H2,1H3. The van der Waals surface area contributed by atoms with E-state index in [4.69, 9.17) is 5.73 Å². The first kappa shape index (κ1) is 9.66. The molecule has 0 saturated carbocycles. The van der Waals surface area contributed by atoms with Crippen LogP contribution >= 0.6 is 0 Å². The summed E-state index contributed by atoms with van der Waals surface area (Å²) in [4.78, 5) is 4.45. The van der Waals surface area contributed by atoms with Crippen LogP contribution in [0.1, 0.15) is 36.9 Å². The molecule has 0 aliphatic heterocycles. The zero-order valence-corrected chi connectivity index (χ0v) is 8.74. The average molecular weight is 190 g/mol. The highest BCUT2D eigenvalue weighted by Gasteiger charge is 2.25. The maximum absolute atomic E-state index is 5.66. The first-order chi connectivity index (χ1) is 6.83. The van der Waals surface area contributed by atoms with Crippen molar-refractivity contribution in [2.75, 3.05) is 6.54 Å². The lowest BCUT2D eigenvalue weighted by molar-refractivity contribution is 0.383. The molecule has 0 aromatic carbocycles. The quantitative estimate of drug-likeness (QED) is 0.775. The van der Waals surface area contributed by atoms with E-state index in [9.17, 15) is 0 Å². The lowest BCUT2D eigenvalue weighted by Crippen LogP contribution is -2.21. The summed E-state index contributed by atoms with van der Waals surface area (Å²) >= 11 is 0. The molecule has 2 nitrogen and oxygen atoms in total. The number of aromatic nitrogens is 1. The van der Waals surface area contributed by atoms with E-state index in [1.807, 2.05) is 12.3 Å². The van der Waals surface area contributed by atoms with E-state index in [-0.39, 0.29) is 0 Å². The van der Waals surface area contributed by atoms with E-state index in [0.717, 1.165) is 25.3 Å². The van der Waals surface area contributed by atoms with Crippen molar-refractivity contribution in [2.45, 2.75) is 32.1 Å². The first-order valence-corrected chi connectivity index (χ1v) is 5.46. The Bertz CT molecular complexity index is 309. The number of hydrogen-bond acceptors (Lipinski definition) is 2. The van der Waals surface area contributed by atoms with Crippen LogP contribution in [0.2, 0.25) is 0 Å². The van der Waals surface area contributed by atoms with Crippen LogP contribution in [0, 0.1) is 5.92 Å².